The maximum Gasteiger partial charge on any atom is 0.242 e. The van der Waals surface area contributed by atoms with Crippen LogP contribution in [0.4, 0.5) is 0 Å². The molecule has 0 saturated heterocycles. The highest BCUT2D eigenvalue weighted by molar-refractivity contribution is 7.89. The van der Waals surface area contributed by atoms with E-state index < -0.39 is 10.0 Å². The van der Waals surface area contributed by atoms with Crippen LogP contribution in [-0.2, 0) is 10.0 Å². The summed E-state index contributed by atoms with van der Waals surface area (Å²) in [5, 5.41) is 6.48. The minimum absolute atomic E-state index is 0.169. The summed E-state index contributed by atoms with van der Waals surface area (Å²) in [6, 6.07) is 3.12. The minimum Gasteiger partial charge on any atom is -0.356 e. The molecule has 1 saturated carbocycles. The predicted molar refractivity (Wildman–Crippen MR) is 95.4 cm³/mol. The Morgan fingerprint density at radius 2 is 2.12 bits per heavy atom. The van der Waals surface area contributed by atoms with Crippen molar-refractivity contribution in [2.75, 3.05) is 26.7 Å². The molecular formula is C16H27N5O2S. The van der Waals surface area contributed by atoms with Crippen LogP contribution >= 0.6 is 0 Å². The lowest BCUT2D eigenvalue weighted by atomic mass is 9.67. The van der Waals surface area contributed by atoms with Gasteiger partial charge < -0.3 is 10.6 Å². The maximum atomic E-state index is 12.1. The highest BCUT2D eigenvalue weighted by Crippen LogP contribution is 2.42. The van der Waals surface area contributed by atoms with E-state index in [1.165, 1.54) is 37.9 Å². The first kappa shape index (κ1) is 18.7. The van der Waals surface area contributed by atoms with Gasteiger partial charge in [-0.15, -0.1) is 0 Å². The lowest BCUT2D eigenvalue weighted by Crippen LogP contribution is -2.47. The van der Waals surface area contributed by atoms with Crippen molar-refractivity contribution in [3.8, 4) is 0 Å². The minimum atomic E-state index is -3.51. The molecule has 8 heteroatoms. The standard InChI is InChI=1S/C16H27N5O2S/c1-3-16(7-5-8-16)13-20-15(17-2)19-10-11-21-24(22,23)14-6-4-9-18-12-14/h4,6,9,12,21H,3,5,7-8,10-11,13H2,1-2H3,(H2,17,19,20). The molecule has 134 valence electrons. The summed E-state index contributed by atoms with van der Waals surface area (Å²) in [5.74, 6) is 0.704. The van der Waals surface area contributed by atoms with Gasteiger partial charge in [0.05, 0.1) is 0 Å². The first-order valence-electron chi connectivity index (χ1n) is 8.35. The van der Waals surface area contributed by atoms with Gasteiger partial charge in [-0.05, 0) is 36.8 Å². The number of sulfonamides is 1. The number of nitrogens with one attached hydrogen (secondary N) is 3. The van der Waals surface area contributed by atoms with Crippen LogP contribution in [0.1, 0.15) is 32.6 Å². The number of guanidine groups is 1. The van der Waals surface area contributed by atoms with Gasteiger partial charge in [-0.3, -0.25) is 9.98 Å². The number of aliphatic imine (C=N–C) groups is 1. The topological polar surface area (TPSA) is 95.5 Å². The zero-order chi connectivity index (χ0) is 17.5. The molecule has 24 heavy (non-hydrogen) atoms. The Labute approximate surface area is 144 Å². The molecule has 1 heterocycles. The third kappa shape index (κ3) is 4.91. The number of pyridine rings is 1. The van der Waals surface area contributed by atoms with E-state index in [1.807, 2.05) is 0 Å². The number of nitrogens with zero attached hydrogens (tertiary/aromatic N) is 2. The van der Waals surface area contributed by atoms with Crippen molar-refractivity contribution >= 4 is 16.0 Å². The smallest absolute Gasteiger partial charge is 0.242 e. The van der Waals surface area contributed by atoms with Crippen LogP contribution in [-0.4, -0.2) is 46.0 Å². The van der Waals surface area contributed by atoms with Gasteiger partial charge in [0.15, 0.2) is 5.96 Å². The van der Waals surface area contributed by atoms with E-state index in [9.17, 15) is 8.42 Å². The molecule has 0 radical (unpaired) electrons. The second-order valence-corrected chi connectivity index (χ2v) is 7.91. The van der Waals surface area contributed by atoms with Crippen molar-refractivity contribution < 1.29 is 8.42 Å². The molecule has 3 N–H and O–H groups in total. The Morgan fingerprint density at radius 3 is 2.67 bits per heavy atom. The van der Waals surface area contributed by atoms with E-state index in [0.29, 0.717) is 17.9 Å². The normalized spacial score (nSPS) is 17.2. The maximum absolute atomic E-state index is 12.1. The van der Waals surface area contributed by atoms with E-state index in [2.05, 4.69) is 32.3 Å². The molecule has 7 nitrogen and oxygen atoms in total. The van der Waals surface area contributed by atoms with E-state index in [4.69, 9.17) is 0 Å². The van der Waals surface area contributed by atoms with Crippen molar-refractivity contribution in [3.63, 3.8) is 0 Å². The van der Waals surface area contributed by atoms with Crippen LogP contribution in [0.25, 0.3) is 0 Å². The summed E-state index contributed by atoms with van der Waals surface area (Å²) in [5.41, 5.74) is 0.402. The van der Waals surface area contributed by atoms with Gasteiger partial charge in [0.2, 0.25) is 10.0 Å². The Kier molecular flexibility index (Phi) is 6.56. The fourth-order valence-corrected chi connectivity index (χ4v) is 3.77. The molecule has 0 spiro atoms. The molecule has 0 amide bonds. The summed E-state index contributed by atoms with van der Waals surface area (Å²) in [6.07, 6.45) is 7.87. The molecule has 0 atom stereocenters. The van der Waals surface area contributed by atoms with Crippen LogP contribution in [0.3, 0.4) is 0 Å². The molecule has 1 aliphatic carbocycles. The van der Waals surface area contributed by atoms with E-state index in [-0.39, 0.29) is 11.4 Å². The Hall–Kier alpha value is -1.67. The zero-order valence-electron chi connectivity index (χ0n) is 14.4. The monoisotopic (exact) mass is 353 g/mol. The van der Waals surface area contributed by atoms with Crippen molar-refractivity contribution in [2.24, 2.45) is 10.4 Å². The molecule has 0 aromatic carbocycles. The van der Waals surface area contributed by atoms with Crippen LogP contribution in [0.2, 0.25) is 0 Å². The largest absolute Gasteiger partial charge is 0.356 e. The van der Waals surface area contributed by atoms with Gasteiger partial charge in [-0.1, -0.05) is 13.3 Å². The summed E-state index contributed by atoms with van der Waals surface area (Å²) < 4.78 is 26.7. The van der Waals surface area contributed by atoms with Gasteiger partial charge in [0.1, 0.15) is 4.90 Å². The number of rotatable bonds is 8. The summed E-state index contributed by atoms with van der Waals surface area (Å²) >= 11 is 0. The number of hydrogen-bond acceptors (Lipinski definition) is 4. The van der Waals surface area contributed by atoms with Crippen LogP contribution in [0.15, 0.2) is 34.4 Å². The average molecular weight is 353 g/mol. The lowest BCUT2D eigenvalue weighted by molar-refractivity contribution is 0.131. The number of hydrogen-bond donors (Lipinski definition) is 3. The Balaban J connectivity index is 1.72. The first-order chi connectivity index (χ1) is 11.5. The van der Waals surface area contributed by atoms with Crippen molar-refractivity contribution in [1.82, 2.24) is 20.3 Å². The molecule has 1 aromatic rings. The molecule has 1 aromatic heterocycles. The molecule has 2 rings (SSSR count). The average Bonchev–Trinajstić information content (AvgIpc) is 2.57. The predicted octanol–water partition coefficient (Wildman–Crippen LogP) is 1.11. The van der Waals surface area contributed by atoms with Gasteiger partial charge in [-0.25, -0.2) is 13.1 Å². The highest BCUT2D eigenvalue weighted by Gasteiger charge is 2.34. The highest BCUT2D eigenvalue weighted by atomic mass is 32.2. The van der Waals surface area contributed by atoms with Gasteiger partial charge in [0, 0.05) is 39.1 Å². The van der Waals surface area contributed by atoms with Crippen LogP contribution in [0.5, 0.6) is 0 Å². The van der Waals surface area contributed by atoms with Crippen LogP contribution < -0.4 is 15.4 Å². The van der Waals surface area contributed by atoms with E-state index in [1.54, 1.807) is 19.3 Å². The van der Waals surface area contributed by atoms with Gasteiger partial charge in [-0.2, -0.15) is 0 Å². The molecule has 0 aliphatic heterocycles. The fraction of sp³-hybridized carbons (Fsp3) is 0.625. The summed E-state index contributed by atoms with van der Waals surface area (Å²) in [7, 11) is -1.80. The van der Waals surface area contributed by atoms with Gasteiger partial charge in [0.25, 0.3) is 0 Å². The van der Waals surface area contributed by atoms with Crippen molar-refractivity contribution in [1.29, 1.82) is 0 Å². The van der Waals surface area contributed by atoms with Gasteiger partial charge >= 0.3 is 0 Å². The zero-order valence-corrected chi connectivity index (χ0v) is 15.2. The third-order valence-electron chi connectivity index (χ3n) is 4.67. The van der Waals surface area contributed by atoms with Crippen LogP contribution in [0, 0.1) is 5.41 Å². The SMILES string of the molecule is CCC1(CNC(=NC)NCCNS(=O)(=O)c2cccnc2)CCC1. The second-order valence-electron chi connectivity index (χ2n) is 6.15. The fourth-order valence-electron chi connectivity index (χ4n) is 2.78. The lowest BCUT2D eigenvalue weighted by Gasteiger charge is -2.41. The Morgan fingerprint density at radius 1 is 1.33 bits per heavy atom. The Bertz CT molecular complexity index is 636. The molecule has 0 bridgehead atoms. The van der Waals surface area contributed by atoms with Crippen molar-refractivity contribution in [3.05, 3.63) is 24.5 Å². The van der Waals surface area contributed by atoms with E-state index in [0.717, 1.165) is 6.54 Å². The first-order valence-corrected chi connectivity index (χ1v) is 9.84. The summed E-state index contributed by atoms with van der Waals surface area (Å²) in [4.78, 5) is 8.18. The molecule has 0 unspecified atom stereocenters. The second kappa shape index (κ2) is 8.43. The molecule has 1 fully saturated rings. The summed E-state index contributed by atoms with van der Waals surface area (Å²) in [6.45, 7) is 3.87. The number of aromatic nitrogens is 1. The quantitative estimate of drug-likeness (QED) is 0.370. The molecule has 1 aliphatic rings. The van der Waals surface area contributed by atoms with E-state index >= 15 is 0 Å². The van der Waals surface area contributed by atoms with Crippen molar-refractivity contribution in [2.45, 2.75) is 37.5 Å². The molecular weight excluding hydrogens is 326 g/mol. The third-order valence-corrected chi connectivity index (χ3v) is 6.12.